The summed E-state index contributed by atoms with van der Waals surface area (Å²) in [5.41, 5.74) is 4.06. The monoisotopic (exact) mass is 501 g/mol. The summed E-state index contributed by atoms with van der Waals surface area (Å²) in [6.45, 7) is 0.263. The van der Waals surface area contributed by atoms with Crippen LogP contribution in [0.15, 0.2) is 65.8 Å². The van der Waals surface area contributed by atoms with Crippen LogP contribution in [0, 0.1) is 0 Å². The first-order valence-electron chi connectivity index (χ1n) is 9.93. The van der Waals surface area contributed by atoms with E-state index in [1.54, 1.807) is 54.6 Å². The quantitative estimate of drug-likeness (QED) is 0.265. The number of rotatable bonds is 8. The topological polar surface area (TPSA) is 98.2 Å². The van der Waals surface area contributed by atoms with Gasteiger partial charge in [-0.05, 0) is 53.6 Å². The van der Waals surface area contributed by atoms with E-state index in [2.05, 4.69) is 15.8 Å². The number of ether oxygens (including phenoxy) is 3. The lowest BCUT2D eigenvalue weighted by Gasteiger charge is -2.11. The molecule has 0 atom stereocenters. The van der Waals surface area contributed by atoms with Crippen molar-refractivity contribution in [3.8, 4) is 17.2 Å². The Morgan fingerprint density at radius 2 is 1.74 bits per heavy atom. The highest BCUT2D eigenvalue weighted by atomic mass is 35.5. The largest absolute Gasteiger partial charge is 0.497 e. The maximum Gasteiger partial charge on any atom is 0.329 e. The van der Waals surface area contributed by atoms with Crippen LogP contribution < -0.4 is 25.0 Å². The molecule has 2 N–H and O–H groups in total. The van der Waals surface area contributed by atoms with Crippen LogP contribution in [-0.2, 0) is 16.2 Å². The molecule has 34 heavy (non-hydrogen) atoms. The fraction of sp³-hybridized carbons (Fsp3) is 0.125. The fourth-order valence-electron chi connectivity index (χ4n) is 2.78. The van der Waals surface area contributed by atoms with Crippen LogP contribution in [0.3, 0.4) is 0 Å². The molecule has 0 aliphatic rings. The van der Waals surface area contributed by atoms with Crippen molar-refractivity contribution in [2.75, 3.05) is 19.5 Å². The van der Waals surface area contributed by atoms with Gasteiger partial charge in [-0.2, -0.15) is 5.10 Å². The number of methoxy groups -OCH3 is 2. The highest BCUT2D eigenvalue weighted by Gasteiger charge is 2.13. The minimum atomic E-state index is -0.924. The van der Waals surface area contributed by atoms with Crippen LogP contribution in [0.2, 0.25) is 10.0 Å². The highest BCUT2D eigenvalue weighted by Crippen LogP contribution is 2.29. The smallest absolute Gasteiger partial charge is 0.329 e. The van der Waals surface area contributed by atoms with Crippen LogP contribution in [0.5, 0.6) is 17.2 Å². The van der Waals surface area contributed by atoms with Crippen LogP contribution >= 0.6 is 23.2 Å². The summed E-state index contributed by atoms with van der Waals surface area (Å²) in [5.74, 6) is -0.269. The van der Waals surface area contributed by atoms with E-state index in [1.807, 2.05) is 6.07 Å². The predicted molar refractivity (Wildman–Crippen MR) is 131 cm³/mol. The molecule has 8 nitrogen and oxygen atoms in total. The van der Waals surface area contributed by atoms with Crippen LogP contribution in [0.25, 0.3) is 0 Å². The summed E-state index contributed by atoms with van der Waals surface area (Å²) in [5, 5.41) is 7.20. The van der Waals surface area contributed by atoms with E-state index in [0.29, 0.717) is 38.5 Å². The molecule has 0 aromatic heterocycles. The number of anilines is 1. The van der Waals surface area contributed by atoms with Gasteiger partial charge in [-0.3, -0.25) is 9.59 Å². The number of carbonyl (C=O) groups is 2. The molecule has 0 bridgehead atoms. The Balaban J connectivity index is 1.57. The average molecular weight is 502 g/mol. The minimum absolute atomic E-state index is 0.263. The van der Waals surface area contributed by atoms with Gasteiger partial charge in [0.05, 0.1) is 30.5 Å². The molecule has 0 radical (unpaired) electrons. The van der Waals surface area contributed by atoms with Gasteiger partial charge in [0.15, 0.2) is 11.5 Å². The first kappa shape index (κ1) is 24.9. The second-order valence-corrected chi connectivity index (χ2v) is 7.65. The van der Waals surface area contributed by atoms with Crippen molar-refractivity contribution in [1.82, 2.24) is 5.43 Å². The van der Waals surface area contributed by atoms with Crippen molar-refractivity contribution in [2.45, 2.75) is 6.61 Å². The van der Waals surface area contributed by atoms with Gasteiger partial charge in [-0.25, -0.2) is 5.43 Å². The SMILES string of the molecule is COc1cccc(NC(=O)C(=O)N/N=C\c2ccc(OCc3ccc(Cl)c(Cl)c3)c(OC)c2)c1. The molecular weight excluding hydrogens is 481 g/mol. The molecule has 176 valence electrons. The fourth-order valence-corrected chi connectivity index (χ4v) is 3.10. The summed E-state index contributed by atoms with van der Waals surface area (Å²) >= 11 is 12.0. The first-order chi connectivity index (χ1) is 16.4. The Kier molecular flexibility index (Phi) is 8.73. The Hall–Kier alpha value is -3.75. The number of benzene rings is 3. The molecule has 2 amide bonds. The molecule has 3 rings (SSSR count). The zero-order valence-electron chi connectivity index (χ0n) is 18.3. The van der Waals surface area contributed by atoms with Gasteiger partial charge in [0.25, 0.3) is 0 Å². The van der Waals surface area contributed by atoms with E-state index in [1.165, 1.54) is 20.4 Å². The molecule has 3 aromatic carbocycles. The Morgan fingerprint density at radius 3 is 2.47 bits per heavy atom. The van der Waals surface area contributed by atoms with Crippen LogP contribution in [0.4, 0.5) is 5.69 Å². The van der Waals surface area contributed by atoms with Gasteiger partial charge >= 0.3 is 11.8 Å². The maximum atomic E-state index is 12.0. The zero-order chi connectivity index (χ0) is 24.5. The number of hydrogen-bond donors (Lipinski definition) is 2. The minimum Gasteiger partial charge on any atom is -0.497 e. The maximum absolute atomic E-state index is 12.0. The normalized spacial score (nSPS) is 10.6. The third-order valence-electron chi connectivity index (χ3n) is 4.48. The molecule has 0 saturated heterocycles. The van der Waals surface area contributed by atoms with Gasteiger partial charge in [0, 0.05) is 11.8 Å². The van der Waals surface area contributed by atoms with Gasteiger partial charge in [-0.15, -0.1) is 0 Å². The van der Waals surface area contributed by atoms with Crippen molar-refractivity contribution in [2.24, 2.45) is 5.10 Å². The van der Waals surface area contributed by atoms with Crippen molar-refractivity contribution >= 4 is 46.9 Å². The molecule has 0 aliphatic carbocycles. The average Bonchev–Trinajstić information content (AvgIpc) is 2.85. The number of carbonyl (C=O) groups excluding carboxylic acids is 2. The predicted octanol–water partition coefficient (Wildman–Crippen LogP) is 4.68. The van der Waals surface area contributed by atoms with E-state index in [4.69, 9.17) is 37.4 Å². The molecule has 0 heterocycles. The summed E-state index contributed by atoms with van der Waals surface area (Å²) in [6, 6.07) is 17.0. The first-order valence-corrected chi connectivity index (χ1v) is 10.7. The van der Waals surface area contributed by atoms with Crippen molar-refractivity contribution in [3.63, 3.8) is 0 Å². The number of halogens is 2. The molecule has 0 aliphatic heterocycles. The Morgan fingerprint density at radius 1 is 0.912 bits per heavy atom. The van der Waals surface area contributed by atoms with Crippen molar-refractivity contribution in [1.29, 1.82) is 0 Å². The van der Waals surface area contributed by atoms with Gasteiger partial charge in [0.1, 0.15) is 12.4 Å². The summed E-state index contributed by atoms with van der Waals surface area (Å²) in [4.78, 5) is 24.0. The second kappa shape index (κ2) is 11.9. The molecule has 0 unspecified atom stereocenters. The molecule has 3 aromatic rings. The van der Waals surface area contributed by atoms with Gasteiger partial charge in [-0.1, -0.05) is 35.3 Å². The number of nitrogens with zero attached hydrogens (tertiary/aromatic N) is 1. The molecule has 0 fully saturated rings. The van der Waals surface area contributed by atoms with Crippen LogP contribution in [0.1, 0.15) is 11.1 Å². The highest BCUT2D eigenvalue weighted by molar-refractivity contribution is 6.42. The standard InChI is InChI=1S/C24H21Cl2N3O5/c1-32-18-5-3-4-17(12-18)28-23(30)24(31)29-27-13-15-7-9-21(22(11-15)33-2)34-14-16-6-8-19(25)20(26)10-16/h3-13H,14H2,1-2H3,(H,28,30)(H,29,31)/b27-13-. The number of hydrogen-bond acceptors (Lipinski definition) is 6. The van der Waals surface area contributed by atoms with Crippen molar-refractivity contribution in [3.05, 3.63) is 81.8 Å². The van der Waals surface area contributed by atoms with E-state index in [-0.39, 0.29) is 6.61 Å². The summed E-state index contributed by atoms with van der Waals surface area (Å²) < 4.78 is 16.3. The Labute approximate surface area is 206 Å². The Bertz CT molecular complexity index is 1220. The zero-order valence-corrected chi connectivity index (χ0v) is 19.8. The second-order valence-electron chi connectivity index (χ2n) is 6.83. The lowest BCUT2D eigenvalue weighted by Crippen LogP contribution is -2.32. The van der Waals surface area contributed by atoms with E-state index in [0.717, 1.165) is 5.56 Å². The van der Waals surface area contributed by atoms with Gasteiger partial charge in [0.2, 0.25) is 0 Å². The van der Waals surface area contributed by atoms with E-state index < -0.39 is 11.8 Å². The van der Waals surface area contributed by atoms with E-state index in [9.17, 15) is 9.59 Å². The van der Waals surface area contributed by atoms with Crippen molar-refractivity contribution < 1.29 is 23.8 Å². The molecule has 10 heteroatoms. The van der Waals surface area contributed by atoms with Crippen LogP contribution in [-0.4, -0.2) is 32.2 Å². The number of amides is 2. The lowest BCUT2D eigenvalue weighted by molar-refractivity contribution is -0.136. The third kappa shape index (κ3) is 6.87. The molecular formula is C24H21Cl2N3O5. The molecule has 0 spiro atoms. The number of nitrogens with one attached hydrogen (secondary N) is 2. The summed E-state index contributed by atoms with van der Waals surface area (Å²) in [7, 11) is 3.01. The lowest BCUT2D eigenvalue weighted by atomic mass is 10.2. The molecule has 0 saturated carbocycles. The van der Waals surface area contributed by atoms with E-state index >= 15 is 0 Å². The summed E-state index contributed by atoms with van der Waals surface area (Å²) in [6.07, 6.45) is 1.38. The van der Waals surface area contributed by atoms with Gasteiger partial charge < -0.3 is 19.5 Å². The number of hydrazone groups is 1. The third-order valence-corrected chi connectivity index (χ3v) is 5.22.